The van der Waals surface area contributed by atoms with Crippen molar-refractivity contribution in [2.75, 3.05) is 26.5 Å². The fraction of sp³-hybridized carbons (Fsp3) is 0.579. The smallest absolute Gasteiger partial charge is 0.209 e. The van der Waals surface area contributed by atoms with E-state index in [9.17, 15) is 8.42 Å². The summed E-state index contributed by atoms with van der Waals surface area (Å²) in [5, 5.41) is 1.17. The molecule has 1 aromatic carbocycles. The Morgan fingerprint density at radius 3 is 2.69 bits per heavy atom. The van der Waals surface area contributed by atoms with Crippen molar-refractivity contribution in [3.8, 4) is 5.75 Å². The van der Waals surface area contributed by atoms with E-state index in [-0.39, 0.29) is 6.04 Å². The van der Waals surface area contributed by atoms with Crippen LogP contribution in [0.4, 0.5) is 0 Å². The van der Waals surface area contributed by atoms with Crippen molar-refractivity contribution in [2.45, 2.75) is 33.4 Å². The van der Waals surface area contributed by atoms with Crippen LogP contribution < -0.4 is 9.46 Å². The van der Waals surface area contributed by atoms with Crippen molar-refractivity contribution in [3.05, 3.63) is 29.5 Å². The number of hydrogen-bond acceptors (Lipinski definition) is 4. The Morgan fingerprint density at radius 2 is 2.08 bits per heavy atom. The number of likely N-dealkylation sites (tertiary alicyclic amines) is 1. The Balaban J connectivity index is 1.80. The molecule has 0 unspecified atom stereocenters. The molecule has 0 spiro atoms. The lowest BCUT2D eigenvalue weighted by Gasteiger charge is -2.21. The third kappa shape index (κ3) is 4.05. The molecule has 7 heteroatoms. The molecule has 2 N–H and O–H groups in total. The molecular formula is C19H29N3O3S. The van der Waals surface area contributed by atoms with Gasteiger partial charge in [-0.25, -0.2) is 13.1 Å². The van der Waals surface area contributed by atoms with Crippen LogP contribution >= 0.6 is 0 Å². The van der Waals surface area contributed by atoms with Gasteiger partial charge in [0.25, 0.3) is 0 Å². The standard InChI is InChI=1S/C19H29N3O3S/c1-12(2)16-9-22(11-19(16)21-26(5,23)24)10-18-13(3)15-8-14(25-4)6-7-17(15)20-18/h6-8,12,16,19-21H,9-11H2,1-5H3/t16-,19+/m0/s1. The normalized spacial score (nSPS) is 21.8. The molecule has 26 heavy (non-hydrogen) atoms. The van der Waals surface area contributed by atoms with E-state index in [4.69, 9.17) is 4.74 Å². The first-order valence-electron chi connectivity index (χ1n) is 9.02. The minimum absolute atomic E-state index is 0.0326. The van der Waals surface area contributed by atoms with Crippen LogP contribution in [0.5, 0.6) is 5.75 Å². The summed E-state index contributed by atoms with van der Waals surface area (Å²) in [4.78, 5) is 5.85. The van der Waals surface area contributed by atoms with Gasteiger partial charge >= 0.3 is 0 Å². The Labute approximate surface area is 156 Å². The fourth-order valence-electron chi connectivity index (χ4n) is 3.99. The van der Waals surface area contributed by atoms with E-state index in [2.05, 4.69) is 41.4 Å². The molecule has 2 heterocycles. The average Bonchev–Trinajstić information content (AvgIpc) is 3.07. The van der Waals surface area contributed by atoms with Crippen LogP contribution in [0.15, 0.2) is 18.2 Å². The van der Waals surface area contributed by atoms with Gasteiger partial charge in [-0.05, 0) is 42.5 Å². The van der Waals surface area contributed by atoms with E-state index in [1.165, 1.54) is 22.9 Å². The first kappa shape index (κ1) is 19.2. The number of hydrogen-bond donors (Lipinski definition) is 2. The number of aromatic nitrogens is 1. The lowest BCUT2D eigenvalue weighted by atomic mass is 9.92. The monoisotopic (exact) mass is 379 g/mol. The molecule has 0 saturated carbocycles. The summed E-state index contributed by atoms with van der Waals surface area (Å²) in [7, 11) is -1.53. The van der Waals surface area contributed by atoms with Crippen LogP contribution in [0.2, 0.25) is 0 Å². The number of sulfonamides is 1. The summed E-state index contributed by atoms with van der Waals surface area (Å²) < 4.78 is 31.6. The van der Waals surface area contributed by atoms with Crippen LogP contribution in [0, 0.1) is 18.8 Å². The van der Waals surface area contributed by atoms with Crippen molar-refractivity contribution in [1.82, 2.24) is 14.6 Å². The van der Waals surface area contributed by atoms with Gasteiger partial charge in [-0.15, -0.1) is 0 Å². The Hall–Kier alpha value is -1.57. The third-order valence-corrected chi connectivity index (χ3v) is 6.14. The highest BCUT2D eigenvalue weighted by Crippen LogP contribution is 2.30. The molecule has 0 amide bonds. The van der Waals surface area contributed by atoms with E-state index in [1.807, 2.05) is 12.1 Å². The minimum Gasteiger partial charge on any atom is -0.497 e. The highest BCUT2D eigenvalue weighted by molar-refractivity contribution is 7.88. The number of methoxy groups -OCH3 is 1. The zero-order valence-corrected chi connectivity index (χ0v) is 17.0. The molecular weight excluding hydrogens is 350 g/mol. The van der Waals surface area contributed by atoms with Crippen molar-refractivity contribution in [1.29, 1.82) is 0 Å². The average molecular weight is 380 g/mol. The number of ether oxygens (including phenoxy) is 1. The van der Waals surface area contributed by atoms with E-state index in [0.29, 0.717) is 11.8 Å². The van der Waals surface area contributed by atoms with Crippen LogP contribution in [0.25, 0.3) is 10.9 Å². The molecule has 1 fully saturated rings. The molecule has 1 aliphatic rings. The summed E-state index contributed by atoms with van der Waals surface area (Å²) in [5.74, 6) is 1.59. The molecule has 3 rings (SSSR count). The second-order valence-electron chi connectivity index (χ2n) is 7.74. The SMILES string of the molecule is COc1ccc2[nH]c(CN3C[C@@H](NS(C)(=O)=O)[C@H](C(C)C)C3)c(C)c2c1. The fourth-order valence-corrected chi connectivity index (χ4v) is 4.79. The summed E-state index contributed by atoms with van der Waals surface area (Å²) in [6.45, 7) is 8.85. The first-order valence-corrected chi connectivity index (χ1v) is 10.9. The topological polar surface area (TPSA) is 74.4 Å². The van der Waals surface area contributed by atoms with Gasteiger partial charge in [0.2, 0.25) is 10.0 Å². The van der Waals surface area contributed by atoms with E-state index in [0.717, 1.165) is 30.9 Å². The van der Waals surface area contributed by atoms with Crippen molar-refractivity contribution < 1.29 is 13.2 Å². The maximum Gasteiger partial charge on any atom is 0.209 e. The van der Waals surface area contributed by atoms with Gasteiger partial charge in [0.15, 0.2) is 0 Å². The zero-order chi connectivity index (χ0) is 19.1. The van der Waals surface area contributed by atoms with Crippen LogP contribution in [0.1, 0.15) is 25.1 Å². The number of rotatable bonds is 6. The molecule has 1 saturated heterocycles. The number of nitrogens with zero attached hydrogens (tertiary/aromatic N) is 1. The molecule has 1 aliphatic heterocycles. The number of fused-ring (bicyclic) bond motifs is 1. The lowest BCUT2D eigenvalue weighted by molar-refractivity contribution is 0.293. The van der Waals surface area contributed by atoms with Crippen LogP contribution in [-0.2, 0) is 16.6 Å². The molecule has 0 radical (unpaired) electrons. The highest BCUT2D eigenvalue weighted by Gasteiger charge is 2.36. The maximum absolute atomic E-state index is 11.7. The largest absolute Gasteiger partial charge is 0.497 e. The van der Waals surface area contributed by atoms with Crippen molar-refractivity contribution in [3.63, 3.8) is 0 Å². The van der Waals surface area contributed by atoms with Crippen LogP contribution in [-0.4, -0.2) is 50.8 Å². The minimum atomic E-state index is -3.21. The highest BCUT2D eigenvalue weighted by atomic mass is 32.2. The van der Waals surface area contributed by atoms with Gasteiger partial charge in [0.1, 0.15) is 5.75 Å². The Bertz CT molecular complexity index is 889. The number of benzene rings is 1. The van der Waals surface area contributed by atoms with Gasteiger partial charge in [-0.1, -0.05) is 13.8 Å². The Kier molecular flexibility index (Phi) is 5.33. The molecule has 1 aromatic heterocycles. The second kappa shape index (κ2) is 7.21. The molecule has 0 bridgehead atoms. The number of H-pyrrole nitrogens is 1. The summed E-state index contributed by atoms with van der Waals surface area (Å²) >= 11 is 0. The van der Waals surface area contributed by atoms with E-state index in [1.54, 1.807) is 7.11 Å². The number of nitrogens with one attached hydrogen (secondary N) is 2. The van der Waals surface area contributed by atoms with Crippen LogP contribution in [0.3, 0.4) is 0 Å². The summed E-state index contributed by atoms with van der Waals surface area (Å²) in [6.07, 6.45) is 1.24. The molecule has 144 valence electrons. The maximum atomic E-state index is 11.7. The quantitative estimate of drug-likeness (QED) is 0.809. The van der Waals surface area contributed by atoms with Gasteiger partial charge in [0.05, 0.1) is 13.4 Å². The predicted octanol–water partition coefficient (Wildman–Crippen LogP) is 2.49. The predicted molar refractivity (Wildman–Crippen MR) is 105 cm³/mol. The van der Waals surface area contributed by atoms with Crippen molar-refractivity contribution in [2.24, 2.45) is 11.8 Å². The first-order chi connectivity index (χ1) is 12.2. The van der Waals surface area contributed by atoms with Gasteiger partial charge in [-0.3, -0.25) is 4.90 Å². The lowest BCUT2D eigenvalue weighted by Crippen LogP contribution is -2.41. The summed E-state index contributed by atoms with van der Waals surface area (Å²) in [6, 6.07) is 6.02. The molecule has 0 aliphatic carbocycles. The second-order valence-corrected chi connectivity index (χ2v) is 9.52. The number of aromatic amines is 1. The third-order valence-electron chi connectivity index (χ3n) is 5.41. The Morgan fingerprint density at radius 1 is 1.35 bits per heavy atom. The van der Waals surface area contributed by atoms with Gasteiger partial charge < -0.3 is 9.72 Å². The van der Waals surface area contributed by atoms with Gasteiger partial charge in [0, 0.05) is 42.3 Å². The van der Waals surface area contributed by atoms with Crippen molar-refractivity contribution >= 4 is 20.9 Å². The molecule has 2 atom stereocenters. The zero-order valence-electron chi connectivity index (χ0n) is 16.2. The number of aryl methyl sites for hydroxylation is 1. The van der Waals surface area contributed by atoms with E-state index < -0.39 is 10.0 Å². The van der Waals surface area contributed by atoms with E-state index >= 15 is 0 Å². The molecule has 6 nitrogen and oxygen atoms in total. The molecule has 2 aromatic rings. The summed E-state index contributed by atoms with van der Waals surface area (Å²) in [5.41, 5.74) is 3.50. The van der Waals surface area contributed by atoms with Gasteiger partial charge in [-0.2, -0.15) is 0 Å².